The third kappa shape index (κ3) is 7.89. The maximum Gasteiger partial charge on any atom is 0.401 e. The van der Waals surface area contributed by atoms with E-state index in [0.29, 0.717) is 19.5 Å². The van der Waals surface area contributed by atoms with Crippen LogP contribution in [0.1, 0.15) is 33.6 Å². The maximum absolute atomic E-state index is 12.4. The molecule has 0 aromatic carbocycles. The fourth-order valence-electron chi connectivity index (χ4n) is 1.87. The van der Waals surface area contributed by atoms with Gasteiger partial charge in [0.25, 0.3) is 0 Å². The van der Waals surface area contributed by atoms with Crippen LogP contribution in [0.5, 0.6) is 0 Å². The van der Waals surface area contributed by atoms with Crippen LogP contribution >= 0.6 is 0 Å². The highest BCUT2D eigenvalue weighted by Crippen LogP contribution is 2.18. The largest absolute Gasteiger partial charge is 0.401 e. The normalized spacial score (nSPS) is 16.0. The summed E-state index contributed by atoms with van der Waals surface area (Å²) in [5, 5.41) is 12.5. The van der Waals surface area contributed by atoms with Crippen molar-refractivity contribution in [2.75, 3.05) is 32.8 Å². The van der Waals surface area contributed by atoms with Gasteiger partial charge in [0.1, 0.15) is 0 Å². The van der Waals surface area contributed by atoms with Gasteiger partial charge in [0.15, 0.2) is 0 Å². The van der Waals surface area contributed by atoms with Crippen LogP contribution in [0.2, 0.25) is 0 Å². The van der Waals surface area contributed by atoms with Crippen LogP contribution in [0, 0.1) is 0 Å². The second kappa shape index (κ2) is 7.96. The fourth-order valence-corrected chi connectivity index (χ4v) is 1.87. The van der Waals surface area contributed by atoms with Crippen LogP contribution < -0.4 is 5.32 Å². The van der Waals surface area contributed by atoms with Gasteiger partial charge in [-0.1, -0.05) is 13.8 Å². The monoisotopic (exact) mass is 270 g/mol. The van der Waals surface area contributed by atoms with Crippen LogP contribution in [0.4, 0.5) is 13.2 Å². The van der Waals surface area contributed by atoms with E-state index in [4.69, 9.17) is 0 Å². The van der Waals surface area contributed by atoms with E-state index in [1.54, 1.807) is 6.92 Å². The lowest BCUT2D eigenvalue weighted by atomic mass is 10.0. The van der Waals surface area contributed by atoms with Gasteiger partial charge in [-0.05, 0) is 32.9 Å². The molecule has 110 valence electrons. The zero-order valence-electron chi connectivity index (χ0n) is 11.5. The van der Waals surface area contributed by atoms with Crippen LogP contribution in [0.3, 0.4) is 0 Å². The number of hydrogen-bond acceptors (Lipinski definition) is 3. The molecule has 0 aliphatic rings. The molecule has 2 N–H and O–H groups in total. The minimum Gasteiger partial charge on any atom is -0.394 e. The van der Waals surface area contributed by atoms with Crippen molar-refractivity contribution < 1.29 is 18.3 Å². The Labute approximate surface area is 107 Å². The van der Waals surface area contributed by atoms with Crippen LogP contribution in [-0.2, 0) is 0 Å². The van der Waals surface area contributed by atoms with Gasteiger partial charge in [-0.15, -0.1) is 0 Å². The molecule has 0 spiro atoms. The number of aliphatic hydroxyl groups excluding tert-OH is 1. The molecular formula is C12H25F3N2O. The van der Waals surface area contributed by atoms with Gasteiger partial charge in [-0.2, -0.15) is 13.2 Å². The highest BCUT2D eigenvalue weighted by atomic mass is 19.4. The van der Waals surface area contributed by atoms with E-state index in [2.05, 4.69) is 5.32 Å². The van der Waals surface area contributed by atoms with Gasteiger partial charge in [-0.25, -0.2) is 0 Å². The summed E-state index contributed by atoms with van der Waals surface area (Å²) < 4.78 is 37.3. The molecular weight excluding hydrogens is 245 g/mol. The first-order chi connectivity index (χ1) is 8.26. The molecule has 0 aliphatic carbocycles. The number of halogens is 3. The lowest BCUT2D eigenvalue weighted by Gasteiger charge is -2.35. The molecule has 6 heteroatoms. The summed E-state index contributed by atoms with van der Waals surface area (Å²) in [6.07, 6.45) is -2.66. The number of nitrogens with zero attached hydrogens (tertiary/aromatic N) is 1. The summed E-state index contributed by atoms with van der Waals surface area (Å²) >= 11 is 0. The lowest BCUT2D eigenvalue weighted by molar-refractivity contribution is -0.148. The molecule has 18 heavy (non-hydrogen) atoms. The van der Waals surface area contributed by atoms with Gasteiger partial charge in [0, 0.05) is 6.54 Å². The number of hydrogen-bond donors (Lipinski definition) is 2. The zero-order chi connectivity index (χ0) is 14.2. The van der Waals surface area contributed by atoms with Crippen molar-refractivity contribution in [3.8, 4) is 0 Å². The van der Waals surface area contributed by atoms with Gasteiger partial charge in [-0.3, -0.25) is 4.90 Å². The van der Waals surface area contributed by atoms with Crippen LogP contribution in [0.25, 0.3) is 0 Å². The Hall–Kier alpha value is -0.330. The predicted octanol–water partition coefficient (Wildman–Crippen LogP) is 2.01. The molecule has 0 amide bonds. The second-order valence-electron chi connectivity index (χ2n) is 4.97. The number of alkyl halides is 3. The molecule has 0 aromatic heterocycles. The number of rotatable bonds is 9. The number of nitrogens with one attached hydrogen (secondary N) is 1. The van der Waals surface area contributed by atoms with E-state index in [1.165, 1.54) is 4.90 Å². The molecule has 1 unspecified atom stereocenters. The third-order valence-electron chi connectivity index (χ3n) is 2.67. The summed E-state index contributed by atoms with van der Waals surface area (Å²) in [7, 11) is 0. The summed E-state index contributed by atoms with van der Waals surface area (Å²) in [4.78, 5) is 1.35. The molecule has 0 saturated heterocycles. The molecule has 0 aliphatic heterocycles. The summed E-state index contributed by atoms with van der Waals surface area (Å²) in [5.41, 5.74) is -0.684. The summed E-state index contributed by atoms with van der Waals surface area (Å²) in [5.74, 6) is 0. The van der Waals surface area contributed by atoms with E-state index >= 15 is 0 Å². The predicted molar refractivity (Wildman–Crippen MR) is 66.6 cm³/mol. The van der Waals surface area contributed by atoms with Gasteiger partial charge < -0.3 is 10.4 Å². The van der Waals surface area contributed by atoms with E-state index in [9.17, 15) is 18.3 Å². The first-order valence-corrected chi connectivity index (χ1v) is 6.41. The van der Waals surface area contributed by atoms with Gasteiger partial charge in [0.2, 0.25) is 0 Å². The molecule has 0 radical (unpaired) electrons. The fraction of sp³-hybridized carbons (Fsp3) is 1.00. The molecule has 0 heterocycles. The Morgan fingerprint density at radius 1 is 1.11 bits per heavy atom. The van der Waals surface area contributed by atoms with Gasteiger partial charge in [0.05, 0.1) is 18.7 Å². The molecule has 0 bridgehead atoms. The molecule has 3 nitrogen and oxygen atoms in total. The van der Waals surface area contributed by atoms with Crippen molar-refractivity contribution >= 4 is 0 Å². The average molecular weight is 270 g/mol. The van der Waals surface area contributed by atoms with Crippen molar-refractivity contribution in [1.82, 2.24) is 10.2 Å². The van der Waals surface area contributed by atoms with Crippen molar-refractivity contribution in [3.63, 3.8) is 0 Å². The van der Waals surface area contributed by atoms with E-state index in [-0.39, 0.29) is 13.2 Å². The van der Waals surface area contributed by atoms with Crippen LogP contribution in [0.15, 0.2) is 0 Å². The Kier molecular flexibility index (Phi) is 7.82. The Balaban J connectivity index is 4.51. The topological polar surface area (TPSA) is 35.5 Å². The smallest absolute Gasteiger partial charge is 0.394 e. The average Bonchev–Trinajstić information content (AvgIpc) is 2.24. The maximum atomic E-state index is 12.4. The van der Waals surface area contributed by atoms with Gasteiger partial charge >= 0.3 is 6.18 Å². The quantitative estimate of drug-likeness (QED) is 0.673. The third-order valence-corrected chi connectivity index (χ3v) is 2.67. The summed E-state index contributed by atoms with van der Waals surface area (Å²) in [6, 6.07) is 0. The van der Waals surface area contributed by atoms with Crippen LogP contribution in [-0.4, -0.2) is 54.5 Å². The van der Waals surface area contributed by atoms with E-state index in [0.717, 1.165) is 6.42 Å². The Morgan fingerprint density at radius 2 is 1.72 bits per heavy atom. The van der Waals surface area contributed by atoms with Crippen molar-refractivity contribution in [1.29, 1.82) is 0 Å². The SMILES string of the molecule is CCCNC(C)(CO)CN(CCC)CC(F)(F)F. The minimum absolute atomic E-state index is 0.176. The number of aliphatic hydroxyl groups is 1. The minimum atomic E-state index is -4.20. The molecule has 0 saturated carbocycles. The Morgan fingerprint density at radius 3 is 2.11 bits per heavy atom. The van der Waals surface area contributed by atoms with E-state index in [1.807, 2.05) is 13.8 Å². The summed E-state index contributed by atoms with van der Waals surface area (Å²) in [6.45, 7) is 5.73. The molecule has 1 atom stereocenters. The van der Waals surface area contributed by atoms with Crippen molar-refractivity contribution in [2.24, 2.45) is 0 Å². The molecule has 0 rings (SSSR count). The molecule has 0 aromatic rings. The van der Waals surface area contributed by atoms with Crippen molar-refractivity contribution in [3.05, 3.63) is 0 Å². The van der Waals surface area contributed by atoms with Crippen molar-refractivity contribution in [2.45, 2.75) is 45.3 Å². The first kappa shape index (κ1) is 17.7. The highest BCUT2D eigenvalue weighted by molar-refractivity contribution is 4.86. The zero-order valence-corrected chi connectivity index (χ0v) is 11.5. The second-order valence-corrected chi connectivity index (χ2v) is 4.97. The van der Waals surface area contributed by atoms with E-state index < -0.39 is 18.3 Å². The molecule has 0 fully saturated rings. The lowest BCUT2D eigenvalue weighted by Crippen LogP contribution is -2.55. The first-order valence-electron chi connectivity index (χ1n) is 6.41. The highest BCUT2D eigenvalue weighted by Gasteiger charge is 2.34. The standard InChI is InChI=1S/C12H25F3N2O/c1-4-6-16-11(3,10-18)8-17(7-5-2)9-12(13,14)15/h16,18H,4-10H2,1-3H3. The Bertz CT molecular complexity index is 224.